The Balaban J connectivity index is 2.69. The van der Waals surface area contributed by atoms with Crippen LogP contribution in [0.25, 0.3) is 0 Å². The zero-order chi connectivity index (χ0) is 19.1. The van der Waals surface area contributed by atoms with Crippen LogP contribution in [-0.2, 0) is 16.0 Å². The van der Waals surface area contributed by atoms with Crippen LogP contribution < -0.4 is 5.32 Å². The molecule has 1 rings (SSSR count). The van der Waals surface area contributed by atoms with Gasteiger partial charge in [-0.2, -0.15) is 0 Å². The molecule has 138 valence electrons. The maximum atomic E-state index is 12.1. The Morgan fingerprint density at radius 2 is 1.92 bits per heavy atom. The van der Waals surface area contributed by atoms with Crippen molar-refractivity contribution in [2.75, 3.05) is 6.54 Å². The van der Waals surface area contributed by atoms with Gasteiger partial charge in [0.05, 0.1) is 12.5 Å². The Kier molecular flexibility index (Phi) is 7.72. The molecule has 0 unspecified atom stereocenters. The fourth-order valence-corrected chi connectivity index (χ4v) is 2.74. The standard InChI is InChI=1S/C20H31NO3Si/c1-20(2,3)24-19(23)15-17(12-14-25(4,5)6)21-13-11-16-9-7-8-10-18(16)22/h7-10,17,21-22H,11,13,15H2,1-6H3/t17-/m0/s1. The van der Waals surface area contributed by atoms with Gasteiger partial charge in [0.1, 0.15) is 19.4 Å². The van der Waals surface area contributed by atoms with Crippen LogP contribution in [0.15, 0.2) is 24.3 Å². The van der Waals surface area contributed by atoms with E-state index >= 15 is 0 Å². The third-order valence-electron chi connectivity index (χ3n) is 3.19. The predicted molar refractivity (Wildman–Crippen MR) is 105 cm³/mol. The van der Waals surface area contributed by atoms with Crippen LogP contribution in [0, 0.1) is 11.5 Å². The number of benzene rings is 1. The number of hydrogen-bond donors (Lipinski definition) is 2. The van der Waals surface area contributed by atoms with Crippen LogP contribution in [0.2, 0.25) is 19.6 Å². The minimum atomic E-state index is -1.52. The highest BCUT2D eigenvalue weighted by atomic mass is 28.3. The number of phenols is 1. The summed E-state index contributed by atoms with van der Waals surface area (Å²) in [5.41, 5.74) is 3.70. The summed E-state index contributed by atoms with van der Waals surface area (Å²) in [6, 6.07) is 7.04. The molecule has 1 aromatic carbocycles. The van der Waals surface area contributed by atoms with Crippen molar-refractivity contribution in [2.45, 2.75) is 64.9 Å². The number of carbonyl (C=O) groups excluding carboxylic acids is 1. The van der Waals surface area contributed by atoms with Gasteiger partial charge in [-0.1, -0.05) is 43.8 Å². The molecule has 1 aromatic rings. The van der Waals surface area contributed by atoms with Crippen LogP contribution in [-0.4, -0.2) is 37.3 Å². The Hall–Kier alpha value is -1.77. The number of carbonyl (C=O) groups is 1. The van der Waals surface area contributed by atoms with Crippen LogP contribution in [0.4, 0.5) is 0 Å². The summed E-state index contributed by atoms with van der Waals surface area (Å²) < 4.78 is 5.41. The molecule has 0 aromatic heterocycles. The Labute approximate surface area is 153 Å². The molecule has 0 fully saturated rings. The number of esters is 1. The van der Waals surface area contributed by atoms with Gasteiger partial charge < -0.3 is 15.2 Å². The van der Waals surface area contributed by atoms with Crippen molar-refractivity contribution in [3.8, 4) is 17.2 Å². The summed E-state index contributed by atoms with van der Waals surface area (Å²) in [5, 5.41) is 13.2. The third-order valence-corrected chi connectivity index (χ3v) is 4.08. The Bertz CT molecular complexity index is 633. The minimum absolute atomic E-state index is 0.218. The predicted octanol–water partition coefficient (Wildman–Crippen LogP) is 3.51. The molecule has 5 heteroatoms. The van der Waals surface area contributed by atoms with E-state index in [1.54, 1.807) is 12.1 Å². The zero-order valence-corrected chi connectivity index (χ0v) is 17.3. The lowest BCUT2D eigenvalue weighted by Crippen LogP contribution is -2.35. The molecule has 25 heavy (non-hydrogen) atoms. The largest absolute Gasteiger partial charge is 0.508 e. The summed E-state index contributed by atoms with van der Waals surface area (Å²) in [7, 11) is -1.52. The second-order valence-corrected chi connectivity index (χ2v) is 12.9. The minimum Gasteiger partial charge on any atom is -0.508 e. The van der Waals surface area contributed by atoms with Crippen molar-refractivity contribution < 1.29 is 14.6 Å². The summed E-state index contributed by atoms with van der Waals surface area (Å²) in [4.78, 5) is 12.1. The second kappa shape index (κ2) is 9.07. The van der Waals surface area contributed by atoms with Gasteiger partial charge in [-0.05, 0) is 38.8 Å². The van der Waals surface area contributed by atoms with E-state index < -0.39 is 13.7 Å². The Morgan fingerprint density at radius 1 is 1.28 bits per heavy atom. The van der Waals surface area contributed by atoms with Crippen LogP contribution in [0.1, 0.15) is 32.8 Å². The monoisotopic (exact) mass is 361 g/mol. The maximum absolute atomic E-state index is 12.1. The molecule has 2 N–H and O–H groups in total. The molecular weight excluding hydrogens is 330 g/mol. The molecule has 1 atom stereocenters. The van der Waals surface area contributed by atoms with Crippen molar-refractivity contribution in [3.63, 3.8) is 0 Å². The molecule has 4 nitrogen and oxygen atoms in total. The molecule has 0 saturated heterocycles. The van der Waals surface area contributed by atoms with Crippen molar-refractivity contribution in [1.82, 2.24) is 5.32 Å². The van der Waals surface area contributed by atoms with Gasteiger partial charge in [-0.3, -0.25) is 4.79 Å². The SMILES string of the molecule is CC(C)(C)OC(=O)C[C@H](C#C[Si](C)(C)C)NCCc1ccccc1O. The smallest absolute Gasteiger partial charge is 0.308 e. The van der Waals surface area contributed by atoms with Crippen LogP contribution >= 0.6 is 0 Å². The van der Waals surface area contributed by atoms with Crippen molar-refractivity contribution >= 4 is 14.0 Å². The van der Waals surface area contributed by atoms with Crippen molar-refractivity contribution in [3.05, 3.63) is 29.8 Å². The van der Waals surface area contributed by atoms with E-state index in [-0.39, 0.29) is 18.4 Å². The summed E-state index contributed by atoms with van der Waals surface area (Å²) >= 11 is 0. The van der Waals surface area contributed by atoms with Crippen LogP contribution in [0.3, 0.4) is 0 Å². The van der Waals surface area contributed by atoms with E-state index in [4.69, 9.17) is 4.74 Å². The van der Waals surface area contributed by atoms with Crippen molar-refractivity contribution in [1.29, 1.82) is 0 Å². The van der Waals surface area contributed by atoms with Crippen molar-refractivity contribution in [2.24, 2.45) is 0 Å². The topological polar surface area (TPSA) is 58.6 Å². The molecule has 0 amide bonds. The quantitative estimate of drug-likeness (QED) is 0.462. The lowest BCUT2D eigenvalue weighted by atomic mass is 10.1. The molecule has 0 saturated carbocycles. The molecule has 0 radical (unpaired) electrons. The molecule has 0 spiro atoms. The van der Waals surface area contributed by atoms with Gasteiger partial charge in [-0.25, -0.2) is 0 Å². The lowest BCUT2D eigenvalue weighted by molar-refractivity contribution is -0.155. The fraction of sp³-hybridized carbons (Fsp3) is 0.550. The average Bonchev–Trinajstić information content (AvgIpc) is 2.43. The van der Waals surface area contributed by atoms with Gasteiger partial charge in [-0.15, -0.1) is 5.54 Å². The second-order valence-electron chi connectivity index (χ2n) is 8.20. The molecule has 0 aliphatic carbocycles. The first-order valence-corrected chi connectivity index (χ1v) is 12.2. The molecule has 0 aliphatic heterocycles. The highest BCUT2D eigenvalue weighted by Gasteiger charge is 2.20. The first kappa shape index (κ1) is 21.3. The van der Waals surface area contributed by atoms with Crippen LogP contribution in [0.5, 0.6) is 5.75 Å². The van der Waals surface area contributed by atoms with E-state index in [1.807, 2.05) is 32.9 Å². The number of hydrogen-bond acceptors (Lipinski definition) is 4. The maximum Gasteiger partial charge on any atom is 0.308 e. The first-order chi connectivity index (χ1) is 11.5. The highest BCUT2D eigenvalue weighted by Crippen LogP contribution is 2.15. The van der Waals surface area contributed by atoms with Gasteiger partial charge in [0.2, 0.25) is 0 Å². The average molecular weight is 362 g/mol. The Morgan fingerprint density at radius 3 is 2.48 bits per heavy atom. The highest BCUT2D eigenvalue weighted by molar-refractivity contribution is 6.83. The third kappa shape index (κ3) is 9.95. The number of ether oxygens (including phenoxy) is 1. The summed E-state index contributed by atoms with van der Waals surface area (Å²) in [5.74, 6) is 3.25. The first-order valence-electron chi connectivity index (χ1n) is 8.71. The van der Waals surface area contributed by atoms with E-state index in [2.05, 4.69) is 36.4 Å². The number of para-hydroxylation sites is 1. The van der Waals surface area contributed by atoms with Gasteiger partial charge in [0.15, 0.2) is 0 Å². The molecular formula is C20H31NO3Si. The van der Waals surface area contributed by atoms with E-state index in [9.17, 15) is 9.90 Å². The summed E-state index contributed by atoms with van der Waals surface area (Å²) in [6.45, 7) is 12.7. The van der Waals surface area contributed by atoms with E-state index in [1.165, 1.54) is 0 Å². The molecule has 0 aliphatic rings. The number of rotatable bonds is 6. The van der Waals surface area contributed by atoms with Gasteiger partial charge in [0.25, 0.3) is 0 Å². The summed E-state index contributed by atoms with van der Waals surface area (Å²) in [6.07, 6.45) is 0.891. The zero-order valence-electron chi connectivity index (χ0n) is 16.3. The fourth-order valence-electron chi connectivity index (χ4n) is 2.13. The number of phenolic OH excluding ortho intramolecular Hbond substituents is 1. The van der Waals surface area contributed by atoms with E-state index in [0.29, 0.717) is 18.7 Å². The van der Waals surface area contributed by atoms with E-state index in [0.717, 1.165) is 5.56 Å². The lowest BCUT2D eigenvalue weighted by Gasteiger charge is -2.21. The molecule has 0 bridgehead atoms. The number of aromatic hydroxyl groups is 1. The van der Waals surface area contributed by atoms with Gasteiger partial charge in [0, 0.05) is 6.54 Å². The number of nitrogens with one attached hydrogen (secondary N) is 1. The van der Waals surface area contributed by atoms with Gasteiger partial charge >= 0.3 is 5.97 Å². The molecule has 0 heterocycles. The normalized spacial score (nSPS) is 12.9.